The average Bonchev–Trinajstić information content (AvgIpc) is 2.95. The Balaban J connectivity index is 1.63. The Hall–Kier alpha value is -3.63. The molecule has 0 spiro atoms. The summed E-state index contributed by atoms with van der Waals surface area (Å²) in [5, 5.41) is 5.97. The Morgan fingerprint density at radius 1 is 0.842 bits per heavy atom. The van der Waals surface area contributed by atoms with Crippen LogP contribution >= 0.6 is 11.6 Å². The summed E-state index contributed by atoms with van der Waals surface area (Å²) in [7, 11) is 0. The number of rotatable bonds is 12. The molecule has 2 amide bonds. The molecule has 4 nitrogen and oxygen atoms in total. The van der Waals surface area contributed by atoms with Crippen LogP contribution in [0.15, 0.2) is 97.1 Å². The van der Waals surface area contributed by atoms with Gasteiger partial charge in [0.05, 0.1) is 0 Å². The van der Waals surface area contributed by atoms with Gasteiger partial charge in [-0.25, -0.2) is 0 Å². The second kappa shape index (κ2) is 13.8. The molecule has 38 heavy (non-hydrogen) atoms. The predicted octanol–water partition coefficient (Wildman–Crippen LogP) is 6.98. The van der Waals surface area contributed by atoms with Crippen LogP contribution in [0.1, 0.15) is 42.9 Å². The Morgan fingerprint density at radius 2 is 1.53 bits per heavy atom. The highest BCUT2D eigenvalue weighted by molar-refractivity contribution is 6.31. The van der Waals surface area contributed by atoms with Crippen LogP contribution in [0.3, 0.4) is 0 Å². The normalized spacial score (nSPS) is 11.7. The fraction of sp³-hybridized carbons (Fsp3) is 0.273. The van der Waals surface area contributed by atoms with Crippen molar-refractivity contribution < 1.29 is 9.59 Å². The summed E-state index contributed by atoms with van der Waals surface area (Å²) in [5.41, 5.74) is 2.96. The molecule has 1 N–H and O–H groups in total. The maximum atomic E-state index is 13.9. The first-order valence-electron chi connectivity index (χ1n) is 13.4. The molecule has 0 fully saturated rings. The zero-order valence-corrected chi connectivity index (χ0v) is 22.7. The van der Waals surface area contributed by atoms with Gasteiger partial charge in [0.1, 0.15) is 6.04 Å². The van der Waals surface area contributed by atoms with Crippen LogP contribution in [0.5, 0.6) is 0 Å². The fourth-order valence-corrected chi connectivity index (χ4v) is 4.96. The van der Waals surface area contributed by atoms with Gasteiger partial charge in [-0.3, -0.25) is 9.59 Å². The number of halogens is 1. The van der Waals surface area contributed by atoms with Crippen LogP contribution in [0.25, 0.3) is 10.8 Å². The largest absolute Gasteiger partial charge is 0.354 e. The standard InChI is InChI=1S/C33H35ClN2O2/c1-2-3-22-35-33(38)31(23-25-12-5-4-6-13-25)36(24-28-15-8-10-19-30(28)34)32(37)21-20-27-17-11-16-26-14-7-9-18-29(26)27/h4-19,31H,2-3,20-24H2,1H3,(H,35,38)/t31-/m0/s1. The van der Waals surface area contributed by atoms with E-state index < -0.39 is 6.04 Å². The highest BCUT2D eigenvalue weighted by Crippen LogP contribution is 2.23. The second-order valence-electron chi connectivity index (χ2n) is 9.60. The van der Waals surface area contributed by atoms with Gasteiger partial charge < -0.3 is 10.2 Å². The molecule has 0 unspecified atom stereocenters. The van der Waals surface area contributed by atoms with E-state index in [1.807, 2.05) is 72.8 Å². The van der Waals surface area contributed by atoms with Gasteiger partial charge in [-0.05, 0) is 46.4 Å². The molecule has 0 saturated heterocycles. The number of hydrogen-bond donors (Lipinski definition) is 1. The van der Waals surface area contributed by atoms with E-state index in [2.05, 4.69) is 36.5 Å². The lowest BCUT2D eigenvalue weighted by Crippen LogP contribution is -2.50. The molecule has 4 aromatic rings. The summed E-state index contributed by atoms with van der Waals surface area (Å²) >= 11 is 6.52. The molecule has 0 aliphatic carbocycles. The molecule has 0 aliphatic heterocycles. The van der Waals surface area contributed by atoms with Crippen molar-refractivity contribution in [3.05, 3.63) is 119 Å². The third-order valence-corrected chi connectivity index (χ3v) is 7.26. The van der Waals surface area contributed by atoms with Gasteiger partial charge in [-0.15, -0.1) is 0 Å². The first kappa shape index (κ1) is 27.4. The summed E-state index contributed by atoms with van der Waals surface area (Å²) in [6, 6.07) is 31.2. The fourth-order valence-electron chi connectivity index (χ4n) is 4.77. The lowest BCUT2D eigenvalue weighted by Gasteiger charge is -2.32. The molecule has 0 aromatic heterocycles. The number of amides is 2. The van der Waals surface area contributed by atoms with Crippen molar-refractivity contribution in [2.24, 2.45) is 0 Å². The molecular weight excluding hydrogens is 492 g/mol. The van der Waals surface area contributed by atoms with E-state index in [-0.39, 0.29) is 18.4 Å². The van der Waals surface area contributed by atoms with E-state index in [1.165, 1.54) is 0 Å². The highest BCUT2D eigenvalue weighted by atomic mass is 35.5. The van der Waals surface area contributed by atoms with Crippen molar-refractivity contribution in [3.63, 3.8) is 0 Å². The minimum atomic E-state index is -0.648. The minimum Gasteiger partial charge on any atom is -0.354 e. The number of benzene rings is 4. The molecule has 0 bridgehead atoms. The molecule has 0 saturated carbocycles. The Morgan fingerprint density at radius 3 is 2.32 bits per heavy atom. The van der Waals surface area contributed by atoms with Crippen LogP contribution in [0.2, 0.25) is 5.02 Å². The van der Waals surface area contributed by atoms with Crippen molar-refractivity contribution in [1.29, 1.82) is 0 Å². The van der Waals surface area contributed by atoms with E-state index in [4.69, 9.17) is 11.6 Å². The van der Waals surface area contributed by atoms with E-state index in [9.17, 15) is 9.59 Å². The second-order valence-corrected chi connectivity index (χ2v) is 10.0. The first-order valence-corrected chi connectivity index (χ1v) is 13.8. The van der Waals surface area contributed by atoms with Crippen molar-refractivity contribution >= 4 is 34.2 Å². The van der Waals surface area contributed by atoms with E-state index in [0.717, 1.165) is 40.3 Å². The first-order chi connectivity index (χ1) is 18.6. The summed E-state index contributed by atoms with van der Waals surface area (Å²) in [4.78, 5) is 29.2. The smallest absolute Gasteiger partial charge is 0.243 e. The van der Waals surface area contributed by atoms with Gasteiger partial charge in [0, 0.05) is 31.0 Å². The Labute approximate surface area is 230 Å². The molecule has 1 atom stereocenters. The van der Waals surface area contributed by atoms with Crippen LogP contribution in [-0.2, 0) is 29.0 Å². The maximum absolute atomic E-state index is 13.9. The number of nitrogens with zero attached hydrogens (tertiary/aromatic N) is 1. The zero-order chi connectivity index (χ0) is 26.7. The van der Waals surface area contributed by atoms with Crippen molar-refractivity contribution in [1.82, 2.24) is 10.2 Å². The molecule has 0 heterocycles. The Bertz CT molecular complexity index is 1350. The van der Waals surface area contributed by atoms with Crippen LogP contribution < -0.4 is 5.32 Å². The monoisotopic (exact) mass is 526 g/mol. The van der Waals surface area contributed by atoms with E-state index in [0.29, 0.717) is 30.8 Å². The number of unbranched alkanes of at least 4 members (excludes halogenated alkanes) is 1. The number of carbonyl (C=O) groups excluding carboxylic acids is 2. The van der Waals surface area contributed by atoms with Crippen LogP contribution in [0, 0.1) is 0 Å². The van der Waals surface area contributed by atoms with Gasteiger partial charge in [-0.2, -0.15) is 0 Å². The van der Waals surface area contributed by atoms with Crippen LogP contribution in [-0.4, -0.2) is 29.3 Å². The highest BCUT2D eigenvalue weighted by Gasteiger charge is 2.30. The van der Waals surface area contributed by atoms with E-state index >= 15 is 0 Å². The molecule has 5 heteroatoms. The predicted molar refractivity (Wildman–Crippen MR) is 156 cm³/mol. The van der Waals surface area contributed by atoms with Crippen LogP contribution in [0.4, 0.5) is 0 Å². The molecule has 196 valence electrons. The number of nitrogens with one attached hydrogen (secondary N) is 1. The van der Waals surface area contributed by atoms with Gasteiger partial charge in [-0.1, -0.05) is 116 Å². The number of aryl methyl sites for hydroxylation is 1. The quantitative estimate of drug-likeness (QED) is 0.202. The molecule has 4 aromatic carbocycles. The van der Waals surface area contributed by atoms with E-state index in [1.54, 1.807) is 4.90 Å². The number of carbonyl (C=O) groups is 2. The van der Waals surface area contributed by atoms with Crippen molar-refractivity contribution in [3.8, 4) is 0 Å². The third-order valence-electron chi connectivity index (χ3n) is 6.89. The van der Waals surface area contributed by atoms with Gasteiger partial charge in [0.25, 0.3) is 0 Å². The number of fused-ring (bicyclic) bond motifs is 1. The van der Waals surface area contributed by atoms with Crippen molar-refractivity contribution in [2.45, 2.75) is 51.6 Å². The molecule has 0 radical (unpaired) electrons. The summed E-state index contributed by atoms with van der Waals surface area (Å²) in [6.07, 6.45) is 3.20. The summed E-state index contributed by atoms with van der Waals surface area (Å²) in [5.74, 6) is -0.197. The minimum absolute atomic E-state index is 0.0653. The van der Waals surface area contributed by atoms with Gasteiger partial charge in [0.15, 0.2) is 0 Å². The van der Waals surface area contributed by atoms with Crippen molar-refractivity contribution in [2.75, 3.05) is 6.54 Å². The molecule has 0 aliphatic rings. The van der Waals surface area contributed by atoms with Gasteiger partial charge in [0.2, 0.25) is 11.8 Å². The lowest BCUT2D eigenvalue weighted by atomic mass is 9.99. The summed E-state index contributed by atoms with van der Waals surface area (Å²) < 4.78 is 0. The molecule has 4 rings (SSSR count). The molecular formula is C33H35ClN2O2. The zero-order valence-electron chi connectivity index (χ0n) is 21.9. The average molecular weight is 527 g/mol. The maximum Gasteiger partial charge on any atom is 0.243 e. The Kier molecular flexibility index (Phi) is 9.94. The summed E-state index contributed by atoms with van der Waals surface area (Å²) in [6.45, 7) is 2.95. The van der Waals surface area contributed by atoms with Gasteiger partial charge >= 0.3 is 0 Å². The lowest BCUT2D eigenvalue weighted by molar-refractivity contribution is -0.141. The number of hydrogen-bond acceptors (Lipinski definition) is 2. The SMILES string of the molecule is CCCCNC(=O)[C@H](Cc1ccccc1)N(Cc1ccccc1Cl)C(=O)CCc1cccc2ccccc12. The topological polar surface area (TPSA) is 49.4 Å². The third kappa shape index (κ3) is 7.23.